The fourth-order valence-electron chi connectivity index (χ4n) is 2.09. The van der Waals surface area contributed by atoms with Gasteiger partial charge in [0.2, 0.25) is 0 Å². The van der Waals surface area contributed by atoms with Gasteiger partial charge in [0.15, 0.2) is 5.76 Å². The first-order valence-electron chi connectivity index (χ1n) is 7.08. The fraction of sp³-hybridized carbons (Fsp3) is 0.111. The molecule has 0 aliphatic rings. The van der Waals surface area contributed by atoms with Gasteiger partial charge >= 0.3 is 5.97 Å². The standard InChI is InChI=1S/C18H15NO4/c1-21-16-9-5-8-14(10-16)18(20)22-12-15-11-17(23-19-15)13-6-3-2-4-7-13/h2-11H,12H2,1H3. The molecule has 0 saturated carbocycles. The molecule has 0 fully saturated rings. The van der Waals surface area contributed by atoms with Crippen LogP contribution in [0, 0.1) is 0 Å². The summed E-state index contributed by atoms with van der Waals surface area (Å²) in [5.74, 6) is 0.804. The van der Waals surface area contributed by atoms with Crippen LogP contribution in [0.3, 0.4) is 0 Å². The minimum absolute atomic E-state index is 0.0480. The molecular weight excluding hydrogens is 294 g/mol. The van der Waals surface area contributed by atoms with E-state index in [0.717, 1.165) is 5.56 Å². The first-order valence-corrected chi connectivity index (χ1v) is 7.08. The molecule has 0 saturated heterocycles. The molecule has 5 heteroatoms. The zero-order valence-corrected chi connectivity index (χ0v) is 12.6. The Bertz CT molecular complexity index is 796. The summed E-state index contributed by atoms with van der Waals surface area (Å²) in [5, 5.41) is 3.92. The van der Waals surface area contributed by atoms with E-state index >= 15 is 0 Å². The van der Waals surface area contributed by atoms with E-state index < -0.39 is 5.97 Å². The highest BCUT2D eigenvalue weighted by Crippen LogP contribution is 2.20. The molecule has 0 aliphatic carbocycles. The van der Waals surface area contributed by atoms with Crippen LogP contribution >= 0.6 is 0 Å². The van der Waals surface area contributed by atoms with Crippen molar-refractivity contribution in [3.8, 4) is 17.1 Å². The van der Waals surface area contributed by atoms with Crippen LogP contribution in [0.4, 0.5) is 0 Å². The number of methoxy groups -OCH3 is 1. The molecule has 0 unspecified atom stereocenters. The summed E-state index contributed by atoms with van der Waals surface area (Å²) in [4.78, 5) is 12.0. The number of rotatable bonds is 5. The third-order valence-corrected chi connectivity index (χ3v) is 3.27. The van der Waals surface area contributed by atoms with E-state index in [1.807, 2.05) is 30.3 Å². The van der Waals surface area contributed by atoms with Crippen LogP contribution in [0.2, 0.25) is 0 Å². The highest BCUT2D eigenvalue weighted by atomic mass is 16.5. The second kappa shape index (κ2) is 6.79. The Morgan fingerprint density at radius 1 is 1.09 bits per heavy atom. The van der Waals surface area contributed by atoms with Crippen molar-refractivity contribution in [2.24, 2.45) is 0 Å². The summed E-state index contributed by atoms with van der Waals surface area (Å²) < 4.78 is 15.6. The summed E-state index contributed by atoms with van der Waals surface area (Å²) in [6.07, 6.45) is 0. The Hall–Kier alpha value is -3.08. The lowest BCUT2D eigenvalue weighted by molar-refractivity contribution is 0.0464. The van der Waals surface area contributed by atoms with Gasteiger partial charge < -0.3 is 14.0 Å². The van der Waals surface area contributed by atoms with Gasteiger partial charge in [-0.05, 0) is 18.2 Å². The lowest BCUT2D eigenvalue weighted by Crippen LogP contribution is -2.05. The molecule has 3 rings (SSSR count). The number of hydrogen-bond acceptors (Lipinski definition) is 5. The van der Waals surface area contributed by atoms with Crippen molar-refractivity contribution < 1.29 is 18.8 Å². The first kappa shape index (κ1) is 14.8. The van der Waals surface area contributed by atoms with E-state index in [-0.39, 0.29) is 6.61 Å². The van der Waals surface area contributed by atoms with Crippen LogP contribution < -0.4 is 4.74 Å². The molecule has 0 bridgehead atoms. The van der Waals surface area contributed by atoms with Crippen molar-refractivity contribution in [1.82, 2.24) is 5.16 Å². The minimum Gasteiger partial charge on any atom is -0.497 e. The number of carbonyl (C=O) groups is 1. The molecule has 0 aliphatic heterocycles. The fourth-order valence-corrected chi connectivity index (χ4v) is 2.09. The van der Waals surface area contributed by atoms with Gasteiger partial charge in [-0.3, -0.25) is 0 Å². The summed E-state index contributed by atoms with van der Waals surface area (Å²) in [5.41, 5.74) is 1.90. The Balaban J connectivity index is 1.64. The van der Waals surface area contributed by atoms with E-state index in [0.29, 0.717) is 22.8 Å². The van der Waals surface area contributed by atoms with Gasteiger partial charge in [-0.1, -0.05) is 41.6 Å². The average Bonchev–Trinajstić information content (AvgIpc) is 3.09. The quantitative estimate of drug-likeness (QED) is 0.672. The van der Waals surface area contributed by atoms with Crippen molar-refractivity contribution in [2.45, 2.75) is 6.61 Å². The zero-order valence-electron chi connectivity index (χ0n) is 12.6. The Morgan fingerprint density at radius 2 is 1.91 bits per heavy atom. The minimum atomic E-state index is -0.437. The molecule has 116 valence electrons. The van der Waals surface area contributed by atoms with Crippen LogP contribution in [0.1, 0.15) is 16.1 Å². The van der Waals surface area contributed by atoms with Gasteiger partial charge in [0.05, 0.1) is 12.7 Å². The molecule has 1 aromatic heterocycles. The molecule has 23 heavy (non-hydrogen) atoms. The van der Waals surface area contributed by atoms with Crippen LogP contribution in [0.25, 0.3) is 11.3 Å². The molecule has 2 aromatic carbocycles. The molecule has 0 N–H and O–H groups in total. The van der Waals surface area contributed by atoms with Gasteiger partial charge in [0.25, 0.3) is 0 Å². The molecular formula is C18H15NO4. The highest BCUT2D eigenvalue weighted by Gasteiger charge is 2.11. The van der Waals surface area contributed by atoms with Crippen molar-refractivity contribution in [2.75, 3.05) is 7.11 Å². The summed E-state index contributed by atoms with van der Waals surface area (Å²) in [6.45, 7) is 0.0480. The Morgan fingerprint density at radius 3 is 2.70 bits per heavy atom. The van der Waals surface area contributed by atoms with Gasteiger partial charge in [0.1, 0.15) is 18.1 Å². The molecule has 5 nitrogen and oxygen atoms in total. The summed E-state index contributed by atoms with van der Waals surface area (Å²) >= 11 is 0. The van der Waals surface area contributed by atoms with Crippen molar-refractivity contribution in [3.63, 3.8) is 0 Å². The van der Waals surface area contributed by atoms with Crippen molar-refractivity contribution >= 4 is 5.97 Å². The molecule has 0 amide bonds. The van der Waals surface area contributed by atoms with E-state index in [2.05, 4.69) is 5.16 Å². The molecule has 0 atom stereocenters. The predicted octanol–water partition coefficient (Wildman–Crippen LogP) is 3.71. The molecule has 0 spiro atoms. The number of aromatic nitrogens is 1. The number of hydrogen-bond donors (Lipinski definition) is 0. The van der Waals surface area contributed by atoms with Crippen molar-refractivity contribution in [3.05, 3.63) is 71.9 Å². The second-order valence-electron chi connectivity index (χ2n) is 4.86. The smallest absolute Gasteiger partial charge is 0.338 e. The SMILES string of the molecule is COc1cccc(C(=O)OCc2cc(-c3ccccc3)on2)c1. The number of benzene rings is 2. The summed E-state index contributed by atoms with van der Waals surface area (Å²) in [6, 6.07) is 18.2. The lowest BCUT2D eigenvalue weighted by Gasteiger charge is -2.04. The molecule has 3 aromatic rings. The maximum atomic E-state index is 12.0. The molecule has 0 radical (unpaired) electrons. The normalized spacial score (nSPS) is 10.3. The largest absolute Gasteiger partial charge is 0.497 e. The maximum Gasteiger partial charge on any atom is 0.338 e. The summed E-state index contributed by atoms with van der Waals surface area (Å²) in [7, 11) is 1.55. The van der Waals surface area contributed by atoms with Crippen LogP contribution in [0.5, 0.6) is 5.75 Å². The monoisotopic (exact) mass is 309 g/mol. The van der Waals surface area contributed by atoms with E-state index in [4.69, 9.17) is 14.0 Å². The van der Waals surface area contributed by atoms with E-state index in [1.165, 1.54) is 0 Å². The van der Waals surface area contributed by atoms with Crippen molar-refractivity contribution in [1.29, 1.82) is 0 Å². The third-order valence-electron chi connectivity index (χ3n) is 3.27. The van der Waals surface area contributed by atoms with Gasteiger partial charge in [-0.25, -0.2) is 4.79 Å². The first-order chi connectivity index (χ1) is 11.3. The average molecular weight is 309 g/mol. The highest BCUT2D eigenvalue weighted by molar-refractivity contribution is 5.89. The number of ether oxygens (including phenoxy) is 2. The van der Waals surface area contributed by atoms with E-state index in [1.54, 1.807) is 37.4 Å². The number of carbonyl (C=O) groups excluding carboxylic acids is 1. The topological polar surface area (TPSA) is 61.6 Å². The van der Waals surface area contributed by atoms with Gasteiger partial charge in [-0.15, -0.1) is 0 Å². The maximum absolute atomic E-state index is 12.0. The second-order valence-corrected chi connectivity index (χ2v) is 4.86. The lowest BCUT2D eigenvalue weighted by atomic mass is 10.2. The predicted molar refractivity (Wildman–Crippen MR) is 84.1 cm³/mol. The molecule has 1 heterocycles. The number of nitrogens with zero attached hydrogens (tertiary/aromatic N) is 1. The number of esters is 1. The van der Waals surface area contributed by atoms with Gasteiger partial charge in [0, 0.05) is 11.6 Å². The third kappa shape index (κ3) is 3.58. The Labute approximate surface area is 133 Å². The zero-order chi connectivity index (χ0) is 16.1. The van der Waals surface area contributed by atoms with Crippen LogP contribution in [-0.2, 0) is 11.3 Å². The van der Waals surface area contributed by atoms with Crippen LogP contribution in [-0.4, -0.2) is 18.2 Å². The van der Waals surface area contributed by atoms with E-state index in [9.17, 15) is 4.79 Å². The Kier molecular flexibility index (Phi) is 4.38. The van der Waals surface area contributed by atoms with Crippen LogP contribution in [0.15, 0.2) is 65.2 Å². The van der Waals surface area contributed by atoms with Gasteiger partial charge in [-0.2, -0.15) is 0 Å².